The highest BCUT2D eigenvalue weighted by Gasteiger charge is 2.31. The smallest absolute Gasteiger partial charge is 0.288 e. The van der Waals surface area contributed by atoms with E-state index in [2.05, 4.69) is 39.9 Å². The van der Waals surface area contributed by atoms with Gasteiger partial charge in [0.05, 0.1) is 12.6 Å². The highest BCUT2D eigenvalue weighted by atomic mass is 16.5. The first-order valence-electron chi connectivity index (χ1n) is 10.5. The molecule has 0 saturated heterocycles. The van der Waals surface area contributed by atoms with Gasteiger partial charge in [-0.1, -0.05) is 13.0 Å². The zero-order valence-electron chi connectivity index (χ0n) is 17.2. The molecule has 0 amide bonds. The zero-order valence-corrected chi connectivity index (χ0v) is 17.2. The van der Waals surface area contributed by atoms with E-state index >= 15 is 0 Å². The molecule has 7 nitrogen and oxygen atoms in total. The van der Waals surface area contributed by atoms with Gasteiger partial charge in [-0.05, 0) is 49.5 Å². The Hall–Kier alpha value is -2.70. The summed E-state index contributed by atoms with van der Waals surface area (Å²) in [4.78, 5) is 20.5. The number of allylic oxidation sites excluding steroid dienone is 4. The number of rotatable bonds is 5. The predicted octanol–water partition coefficient (Wildman–Crippen LogP) is 3.11. The van der Waals surface area contributed by atoms with Crippen LogP contribution in [0.25, 0.3) is 0 Å². The lowest BCUT2D eigenvalue weighted by atomic mass is 9.95. The molecule has 0 aromatic heterocycles. The summed E-state index contributed by atoms with van der Waals surface area (Å²) in [5.41, 5.74) is 2.38. The van der Waals surface area contributed by atoms with E-state index < -0.39 is 0 Å². The van der Waals surface area contributed by atoms with Crippen molar-refractivity contribution >= 4 is 23.8 Å². The third kappa shape index (κ3) is 4.33. The molecule has 3 aliphatic heterocycles. The Kier molecular flexibility index (Phi) is 5.92. The molecule has 0 spiro atoms. The molecular formula is C22H29N5O2. The van der Waals surface area contributed by atoms with Gasteiger partial charge < -0.3 is 14.7 Å². The van der Waals surface area contributed by atoms with E-state index in [0.29, 0.717) is 24.4 Å². The van der Waals surface area contributed by atoms with E-state index in [0.717, 1.165) is 50.3 Å². The van der Waals surface area contributed by atoms with Crippen LogP contribution in [0.1, 0.15) is 32.6 Å². The van der Waals surface area contributed by atoms with Crippen molar-refractivity contribution in [2.45, 2.75) is 44.8 Å². The minimum atomic E-state index is -0.217. The fourth-order valence-corrected chi connectivity index (χ4v) is 4.15. The molecule has 7 heteroatoms. The average molecular weight is 396 g/mol. The van der Waals surface area contributed by atoms with Crippen molar-refractivity contribution in [1.82, 2.24) is 4.90 Å². The maximum atomic E-state index is 9.76. The van der Waals surface area contributed by atoms with E-state index in [-0.39, 0.29) is 12.0 Å². The Labute approximate surface area is 172 Å². The van der Waals surface area contributed by atoms with Crippen LogP contribution in [0.3, 0.4) is 0 Å². The third-order valence-corrected chi connectivity index (χ3v) is 5.82. The SMILES string of the molecule is CCC(OC1=NCCC(C2=CC=NCC2)N1C)C1=NCC(C2C=C(O)C=CC2)=N1. The van der Waals surface area contributed by atoms with Crippen LogP contribution in [0.4, 0.5) is 0 Å². The molecule has 3 unspecified atom stereocenters. The van der Waals surface area contributed by atoms with Crippen molar-refractivity contribution < 1.29 is 9.84 Å². The summed E-state index contributed by atoms with van der Waals surface area (Å²) in [7, 11) is 2.05. The molecule has 154 valence electrons. The number of nitrogens with zero attached hydrogens (tertiary/aromatic N) is 5. The fourth-order valence-electron chi connectivity index (χ4n) is 4.15. The molecule has 4 rings (SSSR count). The minimum Gasteiger partial charge on any atom is -0.508 e. The van der Waals surface area contributed by atoms with Crippen molar-refractivity contribution in [3.8, 4) is 0 Å². The van der Waals surface area contributed by atoms with E-state index in [1.54, 1.807) is 6.08 Å². The summed E-state index contributed by atoms with van der Waals surface area (Å²) in [6.07, 6.45) is 13.0. The standard InChI is InChI=1S/C22H29N5O2/c1-3-20(21-25-14-18(26-21)16-5-4-6-17(28)13-16)29-22-24-12-9-19(27(22)2)15-7-10-23-11-8-15/h4,6-7,10,13,16,19-20,28H,3,5,8-9,11-12,14H2,1-2H3. The van der Waals surface area contributed by atoms with Crippen LogP contribution < -0.4 is 0 Å². The summed E-state index contributed by atoms with van der Waals surface area (Å²) in [5, 5.41) is 9.76. The average Bonchev–Trinajstić information content (AvgIpc) is 3.24. The minimum absolute atomic E-state index is 0.109. The largest absolute Gasteiger partial charge is 0.508 e. The maximum Gasteiger partial charge on any atom is 0.288 e. The molecular weight excluding hydrogens is 366 g/mol. The first-order valence-corrected chi connectivity index (χ1v) is 10.5. The van der Waals surface area contributed by atoms with E-state index in [9.17, 15) is 5.11 Å². The quantitative estimate of drug-likeness (QED) is 0.776. The Bertz CT molecular complexity index is 849. The van der Waals surface area contributed by atoms with E-state index in [4.69, 9.17) is 9.73 Å². The molecule has 1 aliphatic carbocycles. The molecule has 0 saturated carbocycles. The molecule has 0 bridgehead atoms. The van der Waals surface area contributed by atoms with Crippen LogP contribution in [-0.2, 0) is 4.74 Å². The van der Waals surface area contributed by atoms with Gasteiger partial charge in [-0.3, -0.25) is 9.98 Å². The Morgan fingerprint density at radius 3 is 2.97 bits per heavy atom. The number of aliphatic imine (C=N–C) groups is 4. The van der Waals surface area contributed by atoms with Crippen molar-refractivity contribution in [3.05, 3.63) is 35.6 Å². The molecule has 0 aromatic rings. The number of hydrogen-bond acceptors (Lipinski definition) is 7. The molecule has 4 aliphatic rings. The first kappa shape index (κ1) is 19.6. The number of dihydropyridines is 1. The van der Waals surface area contributed by atoms with Crippen LogP contribution >= 0.6 is 0 Å². The highest BCUT2D eigenvalue weighted by Crippen LogP contribution is 2.24. The predicted molar refractivity (Wildman–Crippen MR) is 117 cm³/mol. The Morgan fingerprint density at radius 2 is 2.21 bits per heavy atom. The summed E-state index contributed by atoms with van der Waals surface area (Å²) in [5.74, 6) is 1.14. The topological polar surface area (TPSA) is 82.1 Å². The van der Waals surface area contributed by atoms with E-state index in [1.807, 2.05) is 18.4 Å². The molecule has 0 fully saturated rings. The van der Waals surface area contributed by atoms with Gasteiger partial charge in [0.15, 0.2) is 11.9 Å². The number of amidine groups is 2. The fraction of sp³-hybridized carbons (Fsp3) is 0.545. The summed E-state index contributed by atoms with van der Waals surface area (Å²) >= 11 is 0. The summed E-state index contributed by atoms with van der Waals surface area (Å²) < 4.78 is 6.31. The Balaban J connectivity index is 1.44. The molecule has 1 N–H and O–H groups in total. The molecule has 3 heterocycles. The van der Waals surface area contributed by atoms with E-state index in [1.165, 1.54) is 5.57 Å². The van der Waals surface area contributed by atoms with Gasteiger partial charge in [-0.15, -0.1) is 0 Å². The lowest BCUT2D eigenvalue weighted by Gasteiger charge is -2.36. The summed E-state index contributed by atoms with van der Waals surface area (Å²) in [6, 6.07) is 0.972. The van der Waals surface area contributed by atoms with Crippen molar-refractivity contribution in [1.29, 1.82) is 0 Å². The third-order valence-electron chi connectivity index (χ3n) is 5.82. The lowest BCUT2D eigenvalue weighted by molar-refractivity contribution is 0.178. The van der Waals surface area contributed by atoms with Crippen LogP contribution in [0, 0.1) is 5.92 Å². The monoisotopic (exact) mass is 395 g/mol. The van der Waals surface area contributed by atoms with Gasteiger partial charge in [0.2, 0.25) is 0 Å². The van der Waals surface area contributed by atoms with Gasteiger partial charge in [0.25, 0.3) is 6.02 Å². The highest BCUT2D eigenvalue weighted by molar-refractivity contribution is 6.07. The second-order valence-corrected chi connectivity index (χ2v) is 7.75. The van der Waals surface area contributed by atoms with Gasteiger partial charge in [-0.25, -0.2) is 9.98 Å². The van der Waals surface area contributed by atoms with Crippen LogP contribution in [0.2, 0.25) is 0 Å². The number of likely N-dealkylation sites (N-methyl/N-ethyl adjacent to an activating group) is 1. The van der Waals surface area contributed by atoms with Crippen LogP contribution in [0.15, 0.2) is 55.6 Å². The number of ether oxygens (including phenoxy) is 1. The summed E-state index contributed by atoms with van der Waals surface area (Å²) in [6.45, 7) is 4.26. The molecule has 29 heavy (non-hydrogen) atoms. The number of aliphatic hydroxyl groups excluding tert-OH is 1. The van der Waals surface area contributed by atoms with Crippen LogP contribution in [0.5, 0.6) is 0 Å². The van der Waals surface area contributed by atoms with Gasteiger partial charge in [0, 0.05) is 38.0 Å². The van der Waals surface area contributed by atoms with Crippen molar-refractivity contribution in [2.24, 2.45) is 25.9 Å². The maximum absolute atomic E-state index is 9.76. The first-order chi connectivity index (χ1) is 14.2. The Morgan fingerprint density at radius 1 is 1.31 bits per heavy atom. The molecule has 0 aromatic carbocycles. The van der Waals surface area contributed by atoms with Crippen molar-refractivity contribution in [2.75, 3.05) is 26.7 Å². The lowest BCUT2D eigenvalue weighted by Crippen LogP contribution is -2.45. The van der Waals surface area contributed by atoms with Gasteiger partial charge in [-0.2, -0.15) is 0 Å². The molecule has 0 radical (unpaired) electrons. The zero-order chi connectivity index (χ0) is 20.2. The van der Waals surface area contributed by atoms with Crippen molar-refractivity contribution in [3.63, 3.8) is 0 Å². The molecule has 3 atom stereocenters. The second kappa shape index (κ2) is 8.76. The van der Waals surface area contributed by atoms with Gasteiger partial charge >= 0.3 is 0 Å². The number of aliphatic hydroxyl groups is 1. The van der Waals surface area contributed by atoms with Gasteiger partial charge in [0.1, 0.15) is 5.76 Å². The normalized spacial score (nSPS) is 27.7. The second-order valence-electron chi connectivity index (χ2n) is 7.75. The van der Waals surface area contributed by atoms with Crippen LogP contribution in [-0.4, -0.2) is 72.6 Å². The number of hydrogen-bond donors (Lipinski definition) is 1.